The van der Waals surface area contributed by atoms with Gasteiger partial charge in [-0.3, -0.25) is 4.79 Å². The molecule has 3 rings (SSSR count). The van der Waals surface area contributed by atoms with E-state index in [1.54, 1.807) is 18.2 Å². The molecule has 0 aromatic heterocycles. The molecule has 4 nitrogen and oxygen atoms in total. The van der Waals surface area contributed by atoms with Crippen molar-refractivity contribution in [2.75, 3.05) is 32.1 Å². The van der Waals surface area contributed by atoms with E-state index < -0.39 is 0 Å². The maximum atomic E-state index is 12.8. The first-order chi connectivity index (χ1) is 15.4. The highest BCUT2D eigenvalue weighted by molar-refractivity contribution is 6.39. The highest BCUT2D eigenvalue weighted by Crippen LogP contribution is 2.28. The number of carbonyl (C=O) groups is 1. The molecule has 0 unspecified atom stereocenters. The lowest BCUT2D eigenvalue weighted by atomic mass is 9.89. The quantitative estimate of drug-likeness (QED) is 0.317. The zero-order valence-electron chi connectivity index (χ0n) is 18.5. The molecule has 174 valence electrons. The Bertz CT molecular complexity index is 850. The van der Waals surface area contributed by atoms with Crippen molar-refractivity contribution in [3.63, 3.8) is 0 Å². The van der Waals surface area contributed by atoms with Crippen LogP contribution in [-0.4, -0.2) is 48.4 Å². The minimum absolute atomic E-state index is 0.204. The number of carbonyl (C=O) groups excluding carboxylic acids is 1. The summed E-state index contributed by atoms with van der Waals surface area (Å²) in [5.74, 6) is 0.467. The number of halogens is 3. The van der Waals surface area contributed by atoms with Crippen molar-refractivity contribution < 1.29 is 4.79 Å². The summed E-state index contributed by atoms with van der Waals surface area (Å²) in [5, 5.41) is 7.59. The molecule has 2 aromatic carbocycles. The third kappa shape index (κ3) is 7.10. The monoisotopic (exact) mass is 495 g/mol. The van der Waals surface area contributed by atoms with Crippen LogP contribution in [0.4, 0.5) is 0 Å². The molecule has 2 aromatic rings. The fourth-order valence-electron chi connectivity index (χ4n) is 4.17. The van der Waals surface area contributed by atoms with Gasteiger partial charge in [-0.15, -0.1) is 11.6 Å². The first kappa shape index (κ1) is 25.3. The van der Waals surface area contributed by atoms with Gasteiger partial charge in [0.05, 0.1) is 15.6 Å². The molecule has 0 bridgehead atoms. The number of amides is 1. The smallest absolute Gasteiger partial charge is 0.254 e. The van der Waals surface area contributed by atoms with Crippen LogP contribution in [0.3, 0.4) is 0 Å². The summed E-state index contributed by atoms with van der Waals surface area (Å²) in [6, 6.07) is 16.0. The number of hydrogen-bond donors (Lipinski definition) is 2. The fourth-order valence-corrected chi connectivity index (χ4v) is 4.88. The van der Waals surface area contributed by atoms with E-state index in [0.717, 1.165) is 51.9 Å². The lowest BCUT2D eigenvalue weighted by Crippen LogP contribution is -2.53. The number of piperidine rings is 1. The van der Waals surface area contributed by atoms with Crippen LogP contribution in [0.1, 0.15) is 54.6 Å². The van der Waals surface area contributed by atoms with E-state index in [1.807, 2.05) is 0 Å². The Kier molecular flexibility index (Phi) is 9.69. The van der Waals surface area contributed by atoms with E-state index in [2.05, 4.69) is 52.8 Å². The predicted octanol–water partition coefficient (Wildman–Crippen LogP) is 5.93. The number of hydrogen-bond acceptors (Lipinski definition) is 3. The van der Waals surface area contributed by atoms with Crippen LogP contribution in [0, 0.1) is 0 Å². The molecular weight excluding hydrogens is 465 g/mol. The highest BCUT2D eigenvalue weighted by atomic mass is 35.5. The number of rotatable bonds is 10. The van der Waals surface area contributed by atoms with Gasteiger partial charge in [0.25, 0.3) is 5.91 Å². The molecule has 0 radical (unpaired) electrons. The van der Waals surface area contributed by atoms with Gasteiger partial charge in [0.1, 0.15) is 0 Å². The SMILES string of the molecule is CC1(NC(=O)c2c(Cl)cccc2Cl)CCN(CC[C@H](NCCCCl)c2ccccc2)CC1. The van der Waals surface area contributed by atoms with Crippen molar-refractivity contribution in [3.05, 3.63) is 69.7 Å². The largest absolute Gasteiger partial charge is 0.347 e. The van der Waals surface area contributed by atoms with Crippen molar-refractivity contribution in [2.45, 2.75) is 44.2 Å². The van der Waals surface area contributed by atoms with Crippen LogP contribution in [0.25, 0.3) is 0 Å². The Morgan fingerprint density at radius 3 is 2.34 bits per heavy atom. The Morgan fingerprint density at radius 2 is 1.72 bits per heavy atom. The maximum absolute atomic E-state index is 12.8. The molecule has 0 saturated carbocycles. The van der Waals surface area contributed by atoms with E-state index in [9.17, 15) is 4.79 Å². The second-order valence-corrected chi connectivity index (χ2v) is 9.89. The van der Waals surface area contributed by atoms with Crippen molar-refractivity contribution in [1.82, 2.24) is 15.5 Å². The summed E-state index contributed by atoms with van der Waals surface area (Å²) >= 11 is 18.3. The van der Waals surface area contributed by atoms with E-state index in [1.165, 1.54) is 5.56 Å². The van der Waals surface area contributed by atoms with Gasteiger partial charge < -0.3 is 15.5 Å². The highest BCUT2D eigenvalue weighted by Gasteiger charge is 2.32. The second-order valence-electron chi connectivity index (χ2n) is 8.70. The number of likely N-dealkylation sites (tertiary alicyclic amines) is 1. The van der Waals surface area contributed by atoms with Crippen molar-refractivity contribution in [2.24, 2.45) is 0 Å². The normalized spacial score (nSPS) is 17.1. The van der Waals surface area contributed by atoms with Crippen LogP contribution in [0.15, 0.2) is 48.5 Å². The van der Waals surface area contributed by atoms with E-state index in [-0.39, 0.29) is 11.4 Å². The average Bonchev–Trinajstić information content (AvgIpc) is 2.77. The standard InChI is InChI=1S/C25H32Cl3N3O/c1-25(30-24(32)23-20(27)9-5-10-21(23)28)12-17-31(18-13-25)16-11-22(29-15-6-14-26)19-7-3-2-4-8-19/h2-5,7-10,22,29H,6,11-18H2,1H3,(H,30,32)/t22-/m0/s1. The summed E-state index contributed by atoms with van der Waals surface area (Å²) in [4.78, 5) is 15.3. The first-order valence-electron chi connectivity index (χ1n) is 11.2. The zero-order chi connectivity index (χ0) is 23.0. The summed E-state index contributed by atoms with van der Waals surface area (Å²) in [6.45, 7) is 5.91. The number of benzene rings is 2. The van der Waals surface area contributed by atoms with Crippen LogP contribution in [0.5, 0.6) is 0 Å². The molecule has 1 saturated heterocycles. The Balaban J connectivity index is 1.52. The summed E-state index contributed by atoms with van der Waals surface area (Å²) in [6.07, 6.45) is 3.76. The Morgan fingerprint density at radius 1 is 1.06 bits per heavy atom. The lowest BCUT2D eigenvalue weighted by molar-refractivity contribution is 0.0831. The molecule has 1 aliphatic heterocycles. The van der Waals surface area contributed by atoms with E-state index in [0.29, 0.717) is 27.5 Å². The third-order valence-electron chi connectivity index (χ3n) is 6.20. The molecular formula is C25H32Cl3N3O. The molecule has 2 N–H and O–H groups in total. The van der Waals surface area contributed by atoms with Crippen molar-refractivity contribution >= 4 is 40.7 Å². The van der Waals surface area contributed by atoms with E-state index in [4.69, 9.17) is 34.8 Å². The van der Waals surface area contributed by atoms with Gasteiger partial charge in [0.15, 0.2) is 0 Å². The fraction of sp³-hybridized carbons (Fsp3) is 0.480. The van der Waals surface area contributed by atoms with Crippen LogP contribution in [0.2, 0.25) is 10.0 Å². The Labute approximate surface area is 206 Å². The zero-order valence-corrected chi connectivity index (χ0v) is 20.8. The number of nitrogens with zero attached hydrogens (tertiary/aromatic N) is 1. The first-order valence-corrected chi connectivity index (χ1v) is 12.5. The topological polar surface area (TPSA) is 44.4 Å². The van der Waals surface area contributed by atoms with Crippen molar-refractivity contribution in [1.29, 1.82) is 0 Å². The minimum atomic E-state index is -0.270. The number of nitrogens with one attached hydrogen (secondary N) is 2. The van der Waals surface area contributed by atoms with Gasteiger partial charge in [-0.05, 0) is 63.4 Å². The van der Waals surface area contributed by atoms with Gasteiger partial charge in [0.2, 0.25) is 0 Å². The Hall–Kier alpha value is -1.30. The van der Waals surface area contributed by atoms with Gasteiger partial charge >= 0.3 is 0 Å². The molecule has 1 heterocycles. The molecule has 7 heteroatoms. The van der Waals surface area contributed by atoms with Gasteiger partial charge in [0, 0.05) is 30.6 Å². The van der Waals surface area contributed by atoms with Crippen LogP contribution >= 0.6 is 34.8 Å². The molecule has 1 aliphatic rings. The third-order valence-corrected chi connectivity index (χ3v) is 7.10. The van der Waals surface area contributed by atoms with E-state index >= 15 is 0 Å². The molecule has 1 fully saturated rings. The summed E-state index contributed by atoms with van der Waals surface area (Å²) in [7, 11) is 0. The lowest BCUT2D eigenvalue weighted by Gasteiger charge is -2.40. The summed E-state index contributed by atoms with van der Waals surface area (Å²) < 4.78 is 0. The second kappa shape index (κ2) is 12.2. The summed E-state index contributed by atoms with van der Waals surface area (Å²) in [5.41, 5.74) is 1.40. The predicted molar refractivity (Wildman–Crippen MR) is 135 cm³/mol. The minimum Gasteiger partial charge on any atom is -0.347 e. The van der Waals surface area contributed by atoms with Crippen LogP contribution < -0.4 is 10.6 Å². The maximum Gasteiger partial charge on any atom is 0.254 e. The molecule has 1 atom stereocenters. The molecule has 0 aliphatic carbocycles. The van der Waals surface area contributed by atoms with Crippen molar-refractivity contribution in [3.8, 4) is 0 Å². The average molecular weight is 497 g/mol. The van der Waals surface area contributed by atoms with Gasteiger partial charge in [-0.1, -0.05) is 59.6 Å². The molecule has 32 heavy (non-hydrogen) atoms. The van der Waals surface area contributed by atoms with Gasteiger partial charge in [-0.25, -0.2) is 0 Å². The molecule has 1 amide bonds. The number of alkyl halides is 1. The van der Waals surface area contributed by atoms with Gasteiger partial charge in [-0.2, -0.15) is 0 Å². The molecule has 0 spiro atoms. The van der Waals surface area contributed by atoms with Crippen LogP contribution in [-0.2, 0) is 0 Å².